The third-order valence-electron chi connectivity index (χ3n) is 5.12. The molecule has 0 aromatic carbocycles. The lowest BCUT2D eigenvalue weighted by Gasteiger charge is -2.16. The van der Waals surface area contributed by atoms with E-state index in [1.165, 1.54) is 0 Å². The first kappa shape index (κ1) is 11.9. The second-order valence-electron chi connectivity index (χ2n) is 6.58. The maximum Gasteiger partial charge on any atom is 0.237 e. The zero-order valence-corrected chi connectivity index (χ0v) is 11.1. The van der Waals surface area contributed by atoms with Crippen molar-refractivity contribution in [3.8, 4) is 0 Å². The van der Waals surface area contributed by atoms with Crippen LogP contribution in [0.2, 0.25) is 0 Å². The van der Waals surface area contributed by atoms with E-state index in [0.717, 1.165) is 13.0 Å². The van der Waals surface area contributed by atoms with Gasteiger partial charge in [-0.25, -0.2) is 0 Å². The quantitative estimate of drug-likeness (QED) is 0.747. The number of hydrogen-bond acceptors (Lipinski definition) is 2. The lowest BCUT2D eigenvalue weighted by molar-refractivity contribution is -0.124. The van der Waals surface area contributed by atoms with Crippen molar-refractivity contribution in [1.29, 1.82) is 0 Å². The molecular weight excluding hydrogens is 200 g/mol. The predicted octanol–water partition coefficient (Wildman–Crippen LogP) is 1.54. The monoisotopic (exact) mass is 224 g/mol. The molecule has 0 spiro atoms. The molecule has 2 aliphatic rings. The normalized spacial score (nSPS) is 36.1. The minimum absolute atomic E-state index is 0.0206. The Labute approximate surface area is 98.4 Å². The molecule has 0 bridgehead atoms. The van der Waals surface area contributed by atoms with Gasteiger partial charge in [0.2, 0.25) is 5.91 Å². The summed E-state index contributed by atoms with van der Waals surface area (Å²) in [5.74, 6) is 0.652. The van der Waals surface area contributed by atoms with Crippen LogP contribution in [0.25, 0.3) is 0 Å². The summed E-state index contributed by atoms with van der Waals surface area (Å²) in [6, 6.07) is 0.342. The molecule has 1 amide bonds. The van der Waals surface area contributed by atoms with Crippen LogP contribution in [0.4, 0.5) is 0 Å². The Bertz CT molecular complexity index is 295. The van der Waals surface area contributed by atoms with Crippen LogP contribution >= 0.6 is 0 Å². The highest BCUT2D eigenvalue weighted by Crippen LogP contribution is 2.62. The number of carbonyl (C=O) groups is 1. The second kappa shape index (κ2) is 3.46. The number of amides is 1. The van der Waals surface area contributed by atoms with Gasteiger partial charge in [0, 0.05) is 6.04 Å². The van der Waals surface area contributed by atoms with Gasteiger partial charge in [-0.1, -0.05) is 34.6 Å². The van der Waals surface area contributed by atoms with E-state index < -0.39 is 0 Å². The number of carbonyl (C=O) groups excluding carboxylic acids is 1. The van der Waals surface area contributed by atoms with E-state index in [1.807, 2.05) is 0 Å². The summed E-state index contributed by atoms with van der Waals surface area (Å²) in [7, 11) is 0. The molecule has 2 atom stereocenters. The fourth-order valence-electron chi connectivity index (χ4n) is 2.97. The molecule has 1 aliphatic carbocycles. The van der Waals surface area contributed by atoms with E-state index in [-0.39, 0.29) is 22.8 Å². The molecule has 0 aromatic heterocycles. The maximum absolute atomic E-state index is 12.1. The van der Waals surface area contributed by atoms with Gasteiger partial charge in [0.15, 0.2) is 0 Å². The second-order valence-corrected chi connectivity index (χ2v) is 6.58. The Balaban J connectivity index is 1.95. The highest BCUT2D eigenvalue weighted by Gasteiger charge is 2.65. The molecule has 2 fully saturated rings. The van der Waals surface area contributed by atoms with Crippen LogP contribution in [0.3, 0.4) is 0 Å². The average Bonchev–Trinajstić information content (AvgIpc) is 2.57. The summed E-state index contributed by atoms with van der Waals surface area (Å²) in [6.07, 6.45) is 1.11. The molecule has 2 N–H and O–H groups in total. The van der Waals surface area contributed by atoms with Gasteiger partial charge in [0.1, 0.15) is 0 Å². The van der Waals surface area contributed by atoms with Crippen molar-refractivity contribution in [2.24, 2.45) is 16.7 Å². The lowest BCUT2D eigenvalue weighted by Crippen LogP contribution is -2.45. The molecule has 92 valence electrons. The van der Waals surface area contributed by atoms with Crippen molar-refractivity contribution in [2.75, 3.05) is 6.54 Å². The SMILES string of the molecule is CC1CCNC1C(=O)NC1C(C)(C)C1(C)C. The molecule has 1 heterocycles. The Morgan fingerprint density at radius 1 is 1.25 bits per heavy atom. The van der Waals surface area contributed by atoms with Crippen LogP contribution in [-0.4, -0.2) is 24.5 Å². The molecule has 1 saturated carbocycles. The van der Waals surface area contributed by atoms with Crippen LogP contribution in [0.1, 0.15) is 41.0 Å². The largest absolute Gasteiger partial charge is 0.351 e. The van der Waals surface area contributed by atoms with Gasteiger partial charge in [-0.2, -0.15) is 0 Å². The number of hydrogen-bond donors (Lipinski definition) is 2. The first-order valence-electron chi connectivity index (χ1n) is 6.32. The van der Waals surface area contributed by atoms with Crippen LogP contribution in [-0.2, 0) is 4.79 Å². The maximum atomic E-state index is 12.1. The zero-order valence-electron chi connectivity index (χ0n) is 11.1. The van der Waals surface area contributed by atoms with Gasteiger partial charge in [0.05, 0.1) is 6.04 Å². The third-order valence-corrected chi connectivity index (χ3v) is 5.12. The van der Waals surface area contributed by atoms with E-state index in [4.69, 9.17) is 0 Å². The average molecular weight is 224 g/mol. The first-order chi connectivity index (χ1) is 7.28. The third kappa shape index (κ3) is 1.56. The summed E-state index contributed by atoms with van der Waals surface area (Å²) < 4.78 is 0. The highest BCUT2D eigenvalue weighted by atomic mass is 16.2. The fraction of sp³-hybridized carbons (Fsp3) is 0.923. The molecule has 2 unspecified atom stereocenters. The van der Waals surface area contributed by atoms with E-state index in [1.54, 1.807) is 0 Å². The van der Waals surface area contributed by atoms with Crippen LogP contribution in [0.5, 0.6) is 0 Å². The molecule has 3 heteroatoms. The van der Waals surface area contributed by atoms with Gasteiger partial charge in [-0.15, -0.1) is 0 Å². The van der Waals surface area contributed by atoms with Gasteiger partial charge >= 0.3 is 0 Å². The Morgan fingerprint density at radius 2 is 1.81 bits per heavy atom. The Morgan fingerprint density at radius 3 is 2.19 bits per heavy atom. The van der Waals surface area contributed by atoms with Crippen molar-refractivity contribution >= 4 is 5.91 Å². The van der Waals surface area contributed by atoms with Gasteiger partial charge in [-0.05, 0) is 29.7 Å². The molecule has 1 aliphatic heterocycles. The lowest BCUT2D eigenvalue weighted by atomic mass is 10.0. The topological polar surface area (TPSA) is 41.1 Å². The fourth-order valence-corrected chi connectivity index (χ4v) is 2.97. The van der Waals surface area contributed by atoms with E-state index in [0.29, 0.717) is 12.0 Å². The first-order valence-corrected chi connectivity index (χ1v) is 6.32. The summed E-state index contributed by atoms with van der Waals surface area (Å²) in [6.45, 7) is 12.0. The highest BCUT2D eigenvalue weighted by molar-refractivity contribution is 5.83. The Kier molecular flexibility index (Phi) is 2.57. The molecule has 0 radical (unpaired) electrons. The van der Waals surface area contributed by atoms with E-state index >= 15 is 0 Å². The summed E-state index contributed by atoms with van der Waals surface area (Å²) in [5.41, 5.74) is 0.453. The van der Waals surface area contributed by atoms with Crippen LogP contribution in [0.15, 0.2) is 0 Å². The zero-order chi connectivity index (χ0) is 12.1. The van der Waals surface area contributed by atoms with Crippen LogP contribution < -0.4 is 10.6 Å². The van der Waals surface area contributed by atoms with Crippen molar-refractivity contribution < 1.29 is 4.79 Å². The van der Waals surface area contributed by atoms with Gasteiger partial charge < -0.3 is 10.6 Å². The summed E-state index contributed by atoms with van der Waals surface area (Å²) >= 11 is 0. The molecule has 2 rings (SSSR count). The molecule has 0 aromatic rings. The minimum atomic E-state index is 0.0206. The molecule has 1 saturated heterocycles. The van der Waals surface area contributed by atoms with Gasteiger partial charge in [0.25, 0.3) is 0 Å². The van der Waals surface area contributed by atoms with Gasteiger partial charge in [-0.3, -0.25) is 4.79 Å². The summed E-state index contributed by atoms with van der Waals surface area (Å²) in [5, 5.41) is 6.49. The van der Waals surface area contributed by atoms with E-state index in [9.17, 15) is 4.79 Å². The van der Waals surface area contributed by atoms with Crippen molar-refractivity contribution in [2.45, 2.75) is 53.1 Å². The van der Waals surface area contributed by atoms with Crippen molar-refractivity contribution in [3.63, 3.8) is 0 Å². The summed E-state index contributed by atoms with van der Waals surface area (Å²) in [4.78, 5) is 12.1. The predicted molar refractivity (Wildman–Crippen MR) is 65.1 cm³/mol. The molecule has 3 nitrogen and oxygen atoms in total. The van der Waals surface area contributed by atoms with Crippen molar-refractivity contribution in [1.82, 2.24) is 10.6 Å². The van der Waals surface area contributed by atoms with Crippen molar-refractivity contribution in [3.05, 3.63) is 0 Å². The Hall–Kier alpha value is -0.570. The van der Waals surface area contributed by atoms with Crippen LogP contribution in [0, 0.1) is 16.7 Å². The number of rotatable bonds is 2. The standard InChI is InChI=1S/C13H24N2O/c1-8-6-7-14-9(8)10(16)15-11-12(2,3)13(11,4)5/h8-9,11,14H,6-7H2,1-5H3,(H,15,16). The van der Waals surface area contributed by atoms with E-state index in [2.05, 4.69) is 45.3 Å². The smallest absolute Gasteiger partial charge is 0.237 e. The molecule has 16 heavy (non-hydrogen) atoms. The number of nitrogens with one attached hydrogen (secondary N) is 2. The molecular formula is C13H24N2O. The minimum Gasteiger partial charge on any atom is -0.351 e.